The van der Waals surface area contributed by atoms with Gasteiger partial charge in [0.1, 0.15) is 0 Å². The molecule has 1 rings (SSSR count). The third-order valence-electron chi connectivity index (χ3n) is 2.75. The summed E-state index contributed by atoms with van der Waals surface area (Å²) >= 11 is 0. The van der Waals surface area contributed by atoms with Crippen LogP contribution in [-0.2, 0) is 9.59 Å². The highest BCUT2D eigenvalue weighted by Gasteiger charge is 2.25. The smallest absolute Gasteiger partial charge is 0.331 e. The van der Waals surface area contributed by atoms with E-state index in [0.717, 1.165) is 19.4 Å². The highest BCUT2D eigenvalue weighted by Crippen LogP contribution is 2.28. The summed E-state index contributed by atoms with van der Waals surface area (Å²) in [6, 6.07) is 0. The number of rotatable bonds is 4. The predicted octanol–water partition coefficient (Wildman–Crippen LogP) is 0.899. The van der Waals surface area contributed by atoms with Crippen molar-refractivity contribution >= 4 is 11.9 Å². The van der Waals surface area contributed by atoms with E-state index in [4.69, 9.17) is 10.8 Å². The van der Waals surface area contributed by atoms with Gasteiger partial charge in [-0.1, -0.05) is 20.4 Å². The molecule has 5 heteroatoms. The Labute approximate surface area is 102 Å². The fourth-order valence-corrected chi connectivity index (χ4v) is 1.37. The van der Waals surface area contributed by atoms with Crippen LogP contribution in [0.3, 0.4) is 0 Å². The van der Waals surface area contributed by atoms with Crippen molar-refractivity contribution in [3.8, 4) is 0 Å². The second-order valence-electron chi connectivity index (χ2n) is 4.66. The Balaban J connectivity index is 0.000000354. The molecule has 0 aromatic heterocycles. The third-order valence-corrected chi connectivity index (χ3v) is 2.75. The molecule has 1 amide bonds. The van der Waals surface area contributed by atoms with Crippen molar-refractivity contribution in [2.75, 3.05) is 13.1 Å². The standard InChI is InChI=1S/C8H15NO2.C4H7NO/c1-6(7(10)11)8(2,3)4-5-9;6-4-2-1-3-5-4/h1,4-5,9H2,2-3H3,(H,10,11);1-3H2,(H,5,6). The summed E-state index contributed by atoms with van der Waals surface area (Å²) in [7, 11) is 0. The Hall–Kier alpha value is -1.36. The Morgan fingerprint density at radius 1 is 1.59 bits per heavy atom. The van der Waals surface area contributed by atoms with Gasteiger partial charge in [0.15, 0.2) is 0 Å². The summed E-state index contributed by atoms with van der Waals surface area (Å²) in [5.74, 6) is -0.738. The molecule has 1 aliphatic rings. The Morgan fingerprint density at radius 2 is 2.18 bits per heavy atom. The lowest BCUT2D eigenvalue weighted by atomic mass is 9.82. The van der Waals surface area contributed by atoms with Crippen LogP contribution < -0.4 is 11.1 Å². The van der Waals surface area contributed by atoms with Crippen molar-refractivity contribution in [1.82, 2.24) is 5.32 Å². The van der Waals surface area contributed by atoms with Gasteiger partial charge < -0.3 is 16.2 Å². The van der Waals surface area contributed by atoms with Crippen molar-refractivity contribution in [3.63, 3.8) is 0 Å². The monoisotopic (exact) mass is 242 g/mol. The number of carboxylic acids is 1. The number of aliphatic carboxylic acids is 1. The Morgan fingerprint density at radius 3 is 2.41 bits per heavy atom. The minimum atomic E-state index is -0.941. The van der Waals surface area contributed by atoms with E-state index in [2.05, 4.69) is 11.9 Å². The lowest BCUT2D eigenvalue weighted by Crippen LogP contribution is -2.23. The summed E-state index contributed by atoms with van der Waals surface area (Å²) in [6.07, 6.45) is 2.41. The van der Waals surface area contributed by atoms with Gasteiger partial charge in [-0.3, -0.25) is 4.79 Å². The molecule has 5 nitrogen and oxygen atoms in total. The predicted molar refractivity (Wildman–Crippen MR) is 66.5 cm³/mol. The zero-order chi connectivity index (χ0) is 13.5. The maximum absolute atomic E-state index is 10.5. The zero-order valence-electron chi connectivity index (χ0n) is 10.6. The molecule has 1 heterocycles. The zero-order valence-corrected chi connectivity index (χ0v) is 10.6. The SMILES string of the molecule is C=C(C(=O)O)C(C)(C)CCN.O=C1CCCN1. The maximum atomic E-state index is 10.5. The van der Waals surface area contributed by atoms with Crippen LogP contribution in [0, 0.1) is 5.41 Å². The number of amides is 1. The number of carbonyl (C=O) groups is 2. The van der Waals surface area contributed by atoms with Crippen molar-refractivity contribution in [2.45, 2.75) is 33.1 Å². The van der Waals surface area contributed by atoms with Gasteiger partial charge in [0.05, 0.1) is 0 Å². The van der Waals surface area contributed by atoms with Crippen LogP contribution in [0.2, 0.25) is 0 Å². The fourth-order valence-electron chi connectivity index (χ4n) is 1.37. The first-order valence-electron chi connectivity index (χ1n) is 5.70. The molecular formula is C12H22N2O3. The molecule has 0 aromatic carbocycles. The summed E-state index contributed by atoms with van der Waals surface area (Å²) in [6.45, 7) is 8.52. The molecular weight excluding hydrogens is 220 g/mol. The van der Waals surface area contributed by atoms with E-state index in [1.807, 2.05) is 13.8 Å². The minimum Gasteiger partial charge on any atom is -0.478 e. The van der Waals surface area contributed by atoms with Gasteiger partial charge in [-0.25, -0.2) is 4.79 Å². The van der Waals surface area contributed by atoms with Gasteiger partial charge in [0.25, 0.3) is 0 Å². The lowest BCUT2D eigenvalue weighted by molar-refractivity contribution is -0.133. The molecule has 0 unspecified atom stereocenters. The quantitative estimate of drug-likeness (QED) is 0.638. The fraction of sp³-hybridized carbons (Fsp3) is 0.667. The van der Waals surface area contributed by atoms with E-state index in [-0.39, 0.29) is 16.9 Å². The maximum Gasteiger partial charge on any atom is 0.331 e. The third kappa shape index (κ3) is 6.06. The van der Waals surface area contributed by atoms with Gasteiger partial charge in [0, 0.05) is 18.5 Å². The molecule has 0 spiro atoms. The van der Waals surface area contributed by atoms with Crippen molar-refractivity contribution < 1.29 is 14.7 Å². The van der Waals surface area contributed by atoms with E-state index >= 15 is 0 Å². The molecule has 0 aromatic rings. The largest absolute Gasteiger partial charge is 0.478 e. The molecule has 0 radical (unpaired) electrons. The number of nitrogens with two attached hydrogens (primary N) is 1. The molecule has 4 N–H and O–H groups in total. The molecule has 0 atom stereocenters. The van der Waals surface area contributed by atoms with Gasteiger partial charge >= 0.3 is 5.97 Å². The first-order chi connectivity index (χ1) is 7.81. The first-order valence-corrected chi connectivity index (χ1v) is 5.70. The highest BCUT2D eigenvalue weighted by atomic mass is 16.4. The van der Waals surface area contributed by atoms with Gasteiger partial charge in [0.2, 0.25) is 5.91 Å². The molecule has 1 fully saturated rings. The molecule has 0 bridgehead atoms. The normalized spacial score (nSPS) is 14.6. The topological polar surface area (TPSA) is 92.4 Å². The van der Waals surface area contributed by atoms with Crippen LogP contribution in [0.1, 0.15) is 33.1 Å². The number of nitrogens with one attached hydrogen (secondary N) is 1. The van der Waals surface area contributed by atoms with Crippen LogP contribution in [-0.4, -0.2) is 30.1 Å². The van der Waals surface area contributed by atoms with Crippen LogP contribution in [0.15, 0.2) is 12.2 Å². The van der Waals surface area contributed by atoms with Crippen molar-refractivity contribution in [1.29, 1.82) is 0 Å². The van der Waals surface area contributed by atoms with Crippen LogP contribution in [0.4, 0.5) is 0 Å². The molecule has 0 aliphatic carbocycles. The summed E-state index contributed by atoms with van der Waals surface area (Å²) < 4.78 is 0. The summed E-state index contributed by atoms with van der Waals surface area (Å²) in [4.78, 5) is 20.6. The Kier molecular flexibility index (Phi) is 6.50. The van der Waals surface area contributed by atoms with Crippen LogP contribution in [0.5, 0.6) is 0 Å². The number of hydrogen-bond donors (Lipinski definition) is 3. The molecule has 98 valence electrons. The van der Waals surface area contributed by atoms with Crippen molar-refractivity contribution in [3.05, 3.63) is 12.2 Å². The van der Waals surface area contributed by atoms with E-state index in [9.17, 15) is 9.59 Å². The van der Waals surface area contributed by atoms with Crippen LogP contribution >= 0.6 is 0 Å². The van der Waals surface area contributed by atoms with E-state index in [1.54, 1.807) is 0 Å². The van der Waals surface area contributed by atoms with Gasteiger partial charge in [-0.15, -0.1) is 0 Å². The second kappa shape index (κ2) is 7.06. The average molecular weight is 242 g/mol. The number of carboxylic acid groups (broad SMARTS) is 1. The lowest BCUT2D eigenvalue weighted by Gasteiger charge is -2.23. The molecule has 17 heavy (non-hydrogen) atoms. The molecule has 1 aliphatic heterocycles. The first kappa shape index (κ1) is 15.6. The van der Waals surface area contributed by atoms with E-state index in [0.29, 0.717) is 13.0 Å². The average Bonchev–Trinajstić information content (AvgIpc) is 2.68. The molecule has 1 saturated heterocycles. The van der Waals surface area contributed by atoms with Gasteiger partial charge in [-0.05, 0) is 24.8 Å². The summed E-state index contributed by atoms with van der Waals surface area (Å²) in [5, 5.41) is 11.3. The van der Waals surface area contributed by atoms with E-state index < -0.39 is 5.97 Å². The van der Waals surface area contributed by atoms with E-state index in [1.165, 1.54) is 0 Å². The molecule has 0 saturated carbocycles. The van der Waals surface area contributed by atoms with Crippen LogP contribution in [0.25, 0.3) is 0 Å². The minimum absolute atomic E-state index is 0.204. The summed E-state index contributed by atoms with van der Waals surface area (Å²) in [5.41, 5.74) is 5.16. The number of carbonyl (C=O) groups excluding carboxylic acids is 1. The Bertz CT molecular complexity index is 290. The second-order valence-corrected chi connectivity index (χ2v) is 4.66. The highest BCUT2D eigenvalue weighted by molar-refractivity contribution is 5.87. The van der Waals surface area contributed by atoms with Crippen molar-refractivity contribution in [2.24, 2.45) is 11.1 Å². The van der Waals surface area contributed by atoms with Gasteiger partial charge in [-0.2, -0.15) is 0 Å². The number of hydrogen-bond acceptors (Lipinski definition) is 3.